The van der Waals surface area contributed by atoms with Crippen molar-refractivity contribution in [2.75, 3.05) is 0 Å². The van der Waals surface area contributed by atoms with Crippen LogP contribution in [0.1, 0.15) is 56.7 Å². The molecular weight excluding hydrogens is 789 g/mol. The minimum Gasteiger partial charge on any atom is -0.500 e. The number of aromatic nitrogens is 2. The number of furan rings is 1. The summed E-state index contributed by atoms with van der Waals surface area (Å²) in [7, 11) is 0. The van der Waals surface area contributed by atoms with E-state index in [-0.39, 0.29) is 20.1 Å². The van der Waals surface area contributed by atoms with Gasteiger partial charge in [-0.1, -0.05) is 49.1 Å². The van der Waals surface area contributed by atoms with Gasteiger partial charge in [-0.05, 0) is 30.2 Å². The standard InChI is InChI=1S/C21H18NO.C19H26GeN.Ir/c1-13(2)15-9-10-22-19(12-15)16-7-8-20-18(11-16)17-6-4-5-14(3)21(17)23-20;1-6-15(2)12-17-13-19(16-10-8-7-9-11-16)21-14-18(17)20(3,4)5;/h4-6,8-13H,1-3H3;7-10,13-15H,6,12H2,1-5H3;/q2*-1;. The van der Waals surface area contributed by atoms with Crippen molar-refractivity contribution < 1.29 is 24.5 Å². The predicted octanol–water partition coefficient (Wildman–Crippen LogP) is 10.6. The Bertz CT molecular complexity index is 1870. The SMILES string of the molecule is CCC(C)Cc1cc(-c2[c-]cccc2)nc[c]1[Ge]([CH3])([CH3])[CH3].Cc1cccc2c1oc1c[c-]c(-c3cc(C(C)C)ccn3)cc12.[Ir]. The maximum absolute atomic E-state index is 5.98. The van der Waals surface area contributed by atoms with Gasteiger partial charge in [0.05, 0.1) is 5.58 Å². The second-order valence-corrected chi connectivity index (χ2v) is 23.8. The van der Waals surface area contributed by atoms with Crippen molar-refractivity contribution in [2.24, 2.45) is 5.92 Å². The number of aryl methyl sites for hydroxylation is 1. The van der Waals surface area contributed by atoms with Gasteiger partial charge in [0.15, 0.2) is 0 Å². The number of rotatable bonds is 7. The van der Waals surface area contributed by atoms with E-state index in [2.05, 4.69) is 130 Å². The molecule has 0 aliphatic heterocycles. The molecule has 6 aromatic rings. The van der Waals surface area contributed by atoms with Crippen molar-refractivity contribution >= 4 is 39.6 Å². The van der Waals surface area contributed by atoms with Crippen LogP contribution in [0.4, 0.5) is 0 Å². The van der Waals surface area contributed by atoms with Crippen LogP contribution in [0.5, 0.6) is 0 Å². The van der Waals surface area contributed by atoms with E-state index < -0.39 is 13.3 Å². The van der Waals surface area contributed by atoms with Crippen LogP contribution in [0.3, 0.4) is 0 Å². The minimum absolute atomic E-state index is 0. The van der Waals surface area contributed by atoms with Crippen molar-refractivity contribution in [2.45, 2.75) is 70.6 Å². The average Bonchev–Trinajstić information content (AvgIpc) is 3.40. The number of hydrogen-bond donors (Lipinski definition) is 0. The molecule has 3 aromatic carbocycles. The van der Waals surface area contributed by atoms with Gasteiger partial charge in [0, 0.05) is 31.7 Å². The molecule has 0 N–H and O–H groups in total. The zero-order valence-electron chi connectivity index (χ0n) is 27.8. The number of hydrogen-bond acceptors (Lipinski definition) is 3. The third-order valence-corrected chi connectivity index (χ3v) is 12.7. The van der Waals surface area contributed by atoms with E-state index in [4.69, 9.17) is 9.40 Å². The van der Waals surface area contributed by atoms with Crippen molar-refractivity contribution in [1.29, 1.82) is 0 Å². The molecule has 0 bridgehead atoms. The summed E-state index contributed by atoms with van der Waals surface area (Å²) >= 11 is -1.87. The fourth-order valence-electron chi connectivity index (χ4n) is 5.55. The van der Waals surface area contributed by atoms with Crippen molar-refractivity contribution in [3.8, 4) is 22.5 Å². The molecule has 0 spiro atoms. The van der Waals surface area contributed by atoms with Crippen LogP contribution >= 0.6 is 0 Å². The Morgan fingerprint density at radius 2 is 1.62 bits per heavy atom. The van der Waals surface area contributed by atoms with E-state index >= 15 is 0 Å². The quantitative estimate of drug-likeness (QED) is 0.119. The fraction of sp³-hybridized carbons (Fsp3) is 0.300. The number of para-hydroxylation sites is 1. The summed E-state index contributed by atoms with van der Waals surface area (Å²) in [5, 5.41) is 2.27. The third-order valence-electron chi connectivity index (χ3n) is 8.40. The Morgan fingerprint density at radius 3 is 2.31 bits per heavy atom. The second-order valence-electron chi connectivity index (χ2n) is 13.3. The molecule has 235 valence electrons. The van der Waals surface area contributed by atoms with Crippen LogP contribution in [-0.4, -0.2) is 23.2 Å². The van der Waals surface area contributed by atoms with Crippen LogP contribution < -0.4 is 4.40 Å². The first kappa shape index (κ1) is 34.8. The Hall–Kier alpha value is -3.05. The zero-order chi connectivity index (χ0) is 31.4. The second kappa shape index (κ2) is 15.0. The molecule has 3 heterocycles. The molecule has 0 saturated carbocycles. The van der Waals surface area contributed by atoms with E-state index in [9.17, 15) is 0 Å². The predicted molar refractivity (Wildman–Crippen MR) is 189 cm³/mol. The van der Waals surface area contributed by atoms with Gasteiger partial charge in [-0.2, -0.15) is 0 Å². The number of benzene rings is 3. The van der Waals surface area contributed by atoms with Gasteiger partial charge in [0.25, 0.3) is 0 Å². The molecule has 0 aliphatic carbocycles. The Labute approximate surface area is 285 Å². The first-order chi connectivity index (χ1) is 21.0. The average molecular weight is 834 g/mol. The monoisotopic (exact) mass is 835 g/mol. The van der Waals surface area contributed by atoms with Crippen LogP contribution in [0, 0.1) is 25.0 Å². The van der Waals surface area contributed by atoms with Gasteiger partial charge in [0.2, 0.25) is 0 Å². The van der Waals surface area contributed by atoms with Crippen molar-refractivity contribution in [3.05, 3.63) is 114 Å². The molecule has 1 radical (unpaired) electrons. The van der Waals surface area contributed by atoms with Crippen LogP contribution in [0.25, 0.3) is 44.5 Å². The van der Waals surface area contributed by atoms with E-state index in [1.54, 1.807) is 4.40 Å². The largest absolute Gasteiger partial charge is 0.500 e. The Kier molecular flexibility index (Phi) is 11.6. The fourth-order valence-corrected chi connectivity index (χ4v) is 8.88. The number of pyridine rings is 2. The van der Waals surface area contributed by atoms with Gasteiger partial charge >= 0.3 is 132 Å². The summed E-state index contributed by atoms with van der Waals surface area (Å²) in [5.41, 5.74) is 9.90. The topological polar surface area (TPSA) is 38.9 Å². The molecule has 0 aliphatic rings. The molecule has 6 rings (SSSR count). The minimum atomic E-state index is -1.87. The first-order valence-electron chi connectivity index (χ1n) is 15.8. The van der Waals surface area contributed by atoms with Gasteiger partial charge in [-0.3, -0.25) is 0 Å². The van der Waals surface area contributed by atoms with E-state index in [1.165, 1.54) is 17.5 Å². The summed E-state index contributed by atoms with van der Waals surface area (Å²) in [5.74, 6) is 8.56. The third kappa shape index (κ3) is 8.22. The zero-order valence-corrected chi connectivity index (χ0v) is 32.3. The number of fused-ring (bicyclic) bond motifs is 3. The molecule has 3 nitrogen and oxygen atoms in total. The van der Waals surface area contributed by atoms with Gasteiger partial charge in [-0.25, -0.2) is 0 Å². The Morgan fingerprint density at radius 1 is 0.844 bits per heavy atom. The van der Waals surface area contributed by atoms with Crippen molar-refractivity contribution in [3.63, 3.8) is 0 Å². The normalized spacial score (nSPS) is 12.1. The van der Waals surface area contributed by atoms with Crippen LogP contribution in [0.2, 0.25) is 17.3 Å². The molecule has 0 saturated heterocycles. The molecule has 5 heteroatoms. The summed E-state index contributed by atoms with van der Waals surface area (Å²) in [4.78, 5) is 9.24. The summed E-state index contributed by atoms with van der Waals surface area (Å²) in [6, 6.07) is 31.6. The summed E-state index contributed by atoms with van der Waals surface area (Å²) in [6.45, 7) is 11.1. The molecule has 0 fully saturated rings. The molecular formula is C40H44GeIrN2O-2. The van der Waals surface area contributed by atoms with Crippen molar-refractivity contribution in [1.82, 2.24) is 9.97 Å². The number of nitrogens with zero attached hydrogens (tertiary/aromatic N) is 2. The van der Waals surface area contributed by atoms with Gasteiger partial charge < -0.3 is 9.40 Å². The molecule has 0 amide bonds. The smallest absolute Gasteiger partial charge is 0.123 e. The van der Waals surface area contributed by atoms with Gasteiger partial charge in [0.1, 0.15) is 5.58 Å². The first-order valence-corrected chi connectivity index (χ1v) is 23.2. The molecule has 1 atom stereocenters. The molecule has 45 heavy (non-hydrogen) atoms. The molecule has 1 unspecified atom stereocenters. The van der Waals surface area contributed by atoms with Gasteiger partial charge in [-0.15, -0.1) is 23.8 Å². The van der Waals surface area contributed by atoms with Crippen LogP contribution in [-0.2, 0) is 26.5 Å². The Balaban J connectivity index is 0.000000201. The summed E-state index contributed by atoms with van der Waals surface area (Å²) < 4.78 is 7.54. The maximum Gasteiger partial charge on any atom is 0.123 e. The maximum atomic E-state index is 5.98. The molecule has 3 aromatic heterocycles. The summed E-state index contributed by atoms with van der Waals surface area (Å²) in [6.07, 6.45) is 6.41. The van der Waals surface area contributed by atoms with E-state index in [1.807, 2.05) is 24.4 Å². The van der Waals surface area contributed by atoms with E-state index in [0.717, 1.165) is 62.4 Å². The van der Waals surface area contributed by atoms with Crippen LogP contribution in [0.15, 0.2) is 89.6 Å². The van der Waals surface area contributed by atoms with E-state index in [0.29, 0.717) is 5.92 Å².